The Morgan fingerprint density at radius 3 is 2.33 bits per heavy atom. The lowest BCUT2D eigenvalue weighted by Gasteiger charge is -2.41. The Morgan fingerprint density at radius 2 is 1.86 bits per heavy atom. The summed E-state index contributed by atoms with van der Waals surface area (Å²) in [7, 11) is 2.22. The first-order chi connectivity index (χ1) is 10.0. The van der Waals surface area contributed by atoms with Crippen LogP contribution in [0.25, 0.3) is 0 Å². The molecular formula is C17H28ClN3. The number of halogens is 1. The summed E-state index contributed by atoms with van der Waals surface area (Å²) in [6.07, 6.45) is 2.45. The van der Waals surface area contributed by atoms with Gasteiger partial charge in [0.1, 0.15) is 0 Å². The van der Waals surface area contributed by atoms with Crippen LogP contribution in [0, 0.1) is 0 Å². The van der Waals surface area contributed by atoms with E-state index in [1.165, 1.54) is 31.5 Å². The van der Waals surface area contributed by atoms with Gasteiger partial charge in [-0.2, -0.15) is 0 Å². The summed E-state index contributed by atoms with van der Waals surface area (Å²) in [5.74, 6) is 0. The van der Waals surface area contributed by atoms with Crippen molar-refractivity contribution in [3.63, 3.8) is 0 Å². The van der Waals surface area contributed by atoms with Crippen molar-refractivity contribution in [1.82, 2.24) is 9.80 Å². The zero-order chi connectivity index (χ0) is 15.4. The molecule has 118 valence electrons. The monoisotopic (exact) mass is 309 g/mol. The third-order valence-electron chi connectivity index (χ3n) is 4.73. The summed E-state index contributed by atoms with van der Waals surface area (Å²) in [6.45, 7) is 7.87. The van der Waals surface area contributed by atoms with Crippen molar-refractivity contribution in [2.45, 2.75) is 44.8 Å². The molecule has 21 heavy (non-hydrogen) atoms. The third-order valence-corrected chi connectivity index (χ3v) is 4.98. The lowest BCUT2D eigenvalue weighted by molar-refractivity contribution is 0.0896. The lowest BCUT2D eigenvalue weighted by Crippen LogP contribution is -2.48. The molecule has 1 aliphatic heterocycles. The molecule has 2 rings (SSSR count). The average molecular weight is 310 g/mol. The zero-order valence-corrected chi connectivity index (χ0v) is 14.2. The van der Waals surface area contributed by atoms with Crippen LogP contribution in [0.5, 0.6) is 0 Å². The summed E-state index contributed by atoms with van der Waals surface area (Å²) in [6, 6.07) is 9.09. The van der Waals surface area contributed by atoms with Gasteiger partial charge in [-0.1, -0.05) is 30.7 Å². The Balaban J connectivity index is 2.09. The highest BCUT2D eigenvalue weighted by molar-refractivity contribution is 6.30. The Bertz CT molecular complexity index is 424. The average Bonchev–Trinajstić information content (AvgIpc) is 2.49. The molecule has 0 radical (unpaired) electrons. The van der Waals surface area contributed by atoms with Crippen LogP contribution in [0.4, 0.5) is 0 Å². The molecule has 1 aromatic carbocycles. The molecule has 4 heteroatoms. The van der Waals surface area contributed by atoms with E-state index in [4.69, 9.17) is 17.3 Å². The number of piperidine rings is 1. The fourth-order valence-electron chi connectivity index (χ4n) is 3.44. The molecule has 0 aliphatic carbocycles. The quantitative estimate of drug-likeness (QED) is 0.907. The molecule has 1 fully saturated rings. The van der Waals surface area contributed by atoms with Crippen LogP contribution in [-0.2, 0) is 0 Å². The second-order valence-corrected chi connectivity index (χ2v) is 6.62. The molecule has 1 aromatic rings. The second-order valence-electron chi connectivity index (χ2n) is 6.19. The van der Waals surface area contributed by atoms with Crippen molar-refractivity contribution in [2.75, 3.05) is 26.7 Å². The van der Waals surface area contributed by atoms with E-state index in [0.717, 1.165) is 11.6 Å². The number of nitrogens with zero attached hydrogens (tertiary/aromatic N) is 2. The molecule has 0 amide bonds. The summed E-state index contributed by atoms with van der Waals surface area (Å²) in [5.41, 5.74) is 7.54. The van der Waals surface area contributed by atoms with Gasteiger partial charge in [0.15, 0.2) is 0 Å². The second kappa shape index (κ2) is 7.59. The number of benzene rings is 1. The number of likely N-dealkylation sites (N-methyl/N-ethyl adjacent to an activating group) is 1. The van der Waals surface area contributed by atoms with E-state index in [2.05, 4.69) is 42.8 Å². The highest BCUT2D eigenvalue weighted by Gasteiger charge is 2.29. The highest BCUT2D eigenvalue weighted by atomic mass is 35.5. The Morgan fingerprint density at radius 1 is 1.29 bits per heavy atom. The predicted molar refractivity (Wildman–Crippen MR) is 90.7 cm³/mol. The Hall–Kier alpha value is -0.610. The van der Waals surface area contributed by atoms with Crippen LogP contribution in [0.1, 0.15) is 38.3 Å². The van der Waals surface area contributed by atoms with Crippen molar-refractivity contribution in [3.8, 4) is 0 Å². The Labute approximate surface area is 134 Å². The maximum Gasteiger partial charge on any atom is 0.0496 e. The van der Waals surface area contributed by atoms with Crippen molar-refractivity contribution in [2.24, 2.45) is 5.73 Å². The predicted octanol–water partition coefficient (Wildman–Crippen LogP) is 3.14. The number of hydrogen-bond donors (Lipinski definition) is 1. The molecule has 0 saturated carbocycles. The fraction of sp³-hybridized carbons (Fsp3) is 0.647. The van der Waals surface area contributed by atoms with Crippen LogP contribution in [0.2, 0.25) is 5.02 Å². The normalized spacial score (nSPS) is 20.7. The standard InChI is InChI=1S/C17H28ClN3/c1-4-21-11-9-16(10-12-21)20(3)17(13(2)19)14-5-7-15(18)8-6-14/h5-8,13,16-17H,4,9-12,19H2,1-3H3. The summed E-state index contributed by atoms with van der Waals surface area (Å²) in [5, 5.41) is 0.779. The van der Waals surface area contributed by atoms with E-state index in [1.807, 2.05) is 12.1 Å². The smallest absolute Gasteiger partial charge is 0.0496 e. The number of nitrogens with two attached hydrogens (primary N) is 1. The summed E-state index contributed by atoms with van der Waals surface area (Å²) < 4.78 is 0. The molecule has 0 spiro atoms. The first kappa shape index (κ1) is 16.8. The summed E-state index contributed by atoms with van der Waals surface area (Å²) >= 11 is 6.01. The van der Waals surface area contributed by atoms with Crippen LogP contribution >= 0.6 is 11.6 Å². The number of rotatable bonds is 5. The van der Waals surface area contributed by atoms with E-state index >= 15 is 0 Å². The van der Waals surface area contributed by atoms with Gasteiger partial charge in [0.25, 0.3) is 0 Å². The molecule has 2 N–H and O–H groups in total. The minimum absolute atomic E-state index is 0.0976. The molecule has 0 bridgehead atoms. The van der Waals surface area contributed by atoms with Crippen LogP contribution in [-0.4, -0.2) is 48.6 Å². The van der Waals surface area contributed by atoms with Gasteiger partial charge in [-0.3, -0.25) is 4.90 Å². The largest absolute Gasteiger partial charge is 0.326 e. The van der Waals surface area contributed by atoms with E-state index < -0.39 is 0 Å². The van der Waals surface area contributed by atoms with E-state index in [1.54, 1.807) is 0 Å². The third kappa shape index (κ3) is 4.19. The lowest BCUT2D eigenvalue weighted by atomic mass is 9.95. The molecule has 3 nitrogen and oxygen atoms in total. The number of likely N-dealkylation sites (tertiary alicyclic amines) is 1. The summed E-state index contributed by atoms with van der Waals surface area (Å²) in [4.78, 5) is 4.99. The van der Waals surface area contributed by atoms with Gasteiger partial charge in [-0.15, -0.1) is 0 Å². The maximum absolute atomic E-state index is 6.28. The topological polar surface area (TPSA) is 32.5 Å². The zero-order valence-electron chi connectivity index (χ0n) is 13.4. The first-order valence-corrected chi connectivity index (χ1v) is 8.36. The molecule has 2 unspecified atom stereocenters. The van der Waals surface area contributed by atoms with Crippen LogP contribution < -0.4 is 5.73 Å². The van der Waals surface area contributed by atoms with Gasteiger partial charge in [0, 0.05) is 23.1 Å². The van der Waals surface area contributed by atoms with Gasteiger partial charge in [-0.05, 0) is 64.1 Å². The number of hydrogen-bond acceptors (Lipinski definition) is 3. The van der Waals surface area contributed by atoms with Gasteiger partial charge < -0.3 is 10.6 Å². The van der Waals surface area contributed by atoms with Crippen LogP contribution in [0.15, 0.2) is 24.3 Å². The first-order valence-electron chi connectivity index (χ1n) is 7.98. The minimum atomic E-state index is 0.0976. The van der Waals surface area contributed by atoms with E-state index in [-0.39, 0.29) is 12.1 Å². The van der Waals surface area contributed by atoms with Crippen molar-refractivity contribution in [3.05, 3.63) is 34.9 Å². The molecule has 1 saturated heterocycles. The van der Waals surface area contributed by atoms with Crippen LogP contribution in [0.3, 0.4) is 0 Å². The van der Waals surface area contributed by atoms with E-state index in [9.17, 15) is 0 Å². The van der Waals surface area contributed by atoms with E-state index in [0.29, 0.717) is 6.04 Å². The van der Waals surface area contributed by atoms with Gasteiger partial charge in [0.2, 0.25) is 0 Å². The molecular weight excluding hydrogens is 282 g/mol. The fourth-order valence-corrected chi connectivity index (χ4v) is 3.57. The SMILES string of the molecule is CCN1CCC(N(C)C(c2ccc(Cl)cc2)C(C)N)CC1. The highest BCUT2D eigenvalue weighted by Crippen LogP contribution is 2.28. The van der Waals surface area contributed by atoms with Gasteiger partial charge in [0.05, 0.1) is 0 Å². The molecule has 0 aromatic heterocycles. The molecule has 1 heterocycles. The van der Waals surface area contributed by atoms with Crippen molar-refractivity contribution >= 4 is 11.6 Å². The van der Waals surface area contributed by atoms with Crippen molar-refractivity contribution < 1.29 is 0 Å². The molecule has 1 aliphatic rings. The van der Waals surface area contributed by atoms with Gasteiger partial charge >= 0.3 is 0 Å². The minimum Gasteiger partial charge on any atom is -0.326 e. The maximum atomic E-state index is 6.28. The van der Waals surface area contributed by atoms with Gasteiger partial charge in [-0.25, -0.2) is 0 Å². The Kier molecular flexibility index (Phi) is 6.06. The van der Waals surface area contributed by atoms with Crippen molar-refractivity contribution in [1.29, 1.82) is 0 Å². The molecule has 2 atom stereocenters.